The summed E-state index contributed by atoms with van der Waals surface area (Å²) >= 11 is 1.65. The summed E-state index contributed by atoms with van der Waals surface area (Å²) < 4.78 is 4.76. The number of aryl methyl sites for hydroxylation is 1. The number of hydrogen-bond donors (Lipinski definition) is 1. The second-order valence-corrected chi connectivity index (χ2v) is 5.11. The van der Waals surface area contributed by atoms with Gasteiger partial charge in [-0.15, -0.1) is 0 Å². The molecule has 1 aliphatic heterocycles. The lowest BCUT2D eigenvalue weighted by Crippen LogP contribution is -2.47. The molecule has 0 aromatic carbocycles. The number of nitrogens with zero attached hydrogens (tertiary/aromatic N) is 3. The normalized spacial score (nSPS) is 19.8. The summed E-state index contributed by atoms with van der Waals surface area (Å²) in [6, 6.07) is -0.312. The molecule has 7 nitrogen and oxygen atoms in total. The predicted octanol–water partition coefficient (Wildman–Crippen LogP) is 0.410. The van der Waals surface area contributed by atoms with Crippen LogP contribution in [0.1, 0.15) is 22.9 Å². The molecule has 1 aliphatic rings. The van der Waals surface area contributed by atoms with Crippen LogP contribution in [0.15, 0.2) is 4.52 Å². The Hall–Kier alpha value is -1.57. The third-order valence-corrected chi connectivity index (χ3v) is 3.71. The van der Waals surface area contributed by atoms with Crippen molar-refractivity contribution in [2.75, 3.05) is 18.1 Å². The highest BCUT2D eigenvalue weighted by Crippen LogP contribution is 2.20. The molecule has 1 aromatic rings. The second-order valence-electron chi connectivity index (χ2n) is 3.96. The van der Waals surface area contributed by atoms with E-state index in [0.717, 1.165) is 5.75 Å². The number of carboxylic acids is 1. The van der Waals surface area contributed by atoms with Crippen molar-refractivity contribution in [1.82, 2.24) is 15.0 Å². The van der Waals surface area contributed by atoms with Crippen LogP contribution in [0.25, 0.3) is 0 Å². The van der Waals surface area contributed by atoms with Gasteiger partial charge in [0, 0.05) is 25.0 Å². The van der Waals surface area contributed by atoms with E-state index >= 15 is 0 Å². The first-order chi connectivity index (χ1) is 8.58. The zero-order valence-corrected chi connectivity index (χ0v) is 10.6. The third kappa shape index (κ3) is 2.81. The Bertz CT molecular complexity index is 462. The summed E-state index contributed by atoms with van der Waals surface area (Å²) in [5.41, 5.74) is 0. The van der Waals surface area contributed by atoms with Gasteiger partial charge in [-0.2, -0.15) is 16.7 Å². The van der Waals surface area contributed by atoms with Gasteiger partial charge < -0.3 is 14.5 Å². The summed E-state index contributed by atoms with van der Waals surface area (Å²) in [5.74, 6) is 0.449. The van der Waals surface area contributed by atoms with E-state index in [0.29, 0.717) is 18.2 Å². The topological polar surface area (TPSA) is 96.5 Å². The number of aliphatic carboxylic acids is 1. The molecule has 1 atom stereocenters. The van der Waals surface area contributed by atoms with Gasteiger partial charge in [0.05, 0.1) is 12.5 Å². The highest BCUT2D eigenvalue weighted by molar-refractivity contribution is 7.99. The molecule has 1 saturated heterocycles. The minimum Gasteiger partial charge on any atom is -0.481 e. The maximum atomic E-state index is 12.1. The van der Waals surface area contributed by atoms with Crippen molar-refractivity contribution < 1.29 is 19.2 Å². The lowest BCUT2D eigenvalue weighted by molar-refractivity contribution is -0.138. The van der Waals surface area contributed by atoms with Crippen molar-refractivity contribution >= 4 is 23.6 Å². The van der Waals surface area contributed by atoms with Crippen LogP contribution in [0.5, 0.6) is 0 Å². The van der Waals surface area contributed by atoms with E-state index in [9.17, 15) is 9.59 Å². The minimum absolute atomic E-state index is 0.00483. The molecule has 8 heteroatoms. The van der Waals surface area contributed by atoms with Crippen molar-refractivity contribution in [1.29, 1.82) is 0 Å². The van der Waals surface area contributed by atoms with Gasteiger partial charge in [0.2, 0.25) is 5.89 Å². The van der Waals surface area contributed by atoms with E-state index in [1.54, 1.807) is 18.7 Å². The van der Waals surface area contributed by atoms with E-state index in [4.69, 9.17) is 9.63 Å². The molecule has 1 aromatic heterocycles. The van der Waals surface area contributed by atoms with E-state index in [1.807, 2.05) is 0 Å². The van der Waals surface area contributed by atoms with Gasteiger partial charge >= 0.3 is 5.97 Å². The molecule has 0 bridgehead atoms. The van der Waals surface area contributed by atoms with Gasteiger partial charge in [0.15, 0.2) is 0 Å². The number of aromatic nitrogens is 2. The molecule has 0 saturated carbocycles. The van der Waals surface area contributed by atoms with Crippen LogP contribution >= 0.6 is 11.8 Å². The van der Waals surface area contributed by atoms with Gasteiger partial charge in [-0.25, -0.2) is 0 Å². The van der Waals surface area contributed by atoms with E-state index in [-0.39, 0.29) is 24.2 Å². The SMILES string of the molecule is Cc1nc(C(=O)N2CCSCC2CC(=O)O)no1. The van der Waals surface area contributed by atoms with Crippen LogP contribution in [0.4, 0.5) is 0 Å². The quantitative estimate of drug-likeness (QED) is 0.850. The molecule has 1 N–H and O–H groups in total. The lowest BCUT2D eigenvalue weighted by atomic mass is 10.2. The predicted molar refractivity (Wildman–Crippen MR) is 63.4 cm³/mol. The van der Waals surface area contributed by atoms with Crippen molar-refractivity contribution in [3.63, 3.8) is 0 Å². The molecule has 0 aliphatic carbocycles. The minimum atomic E-state index is -0.912. The molecule has 98 valence electrons. The fraction of sp³-hybridized carbons (Fsp3) is 0.600. The zero-order valence-electron chi connectivity index (χ0n) is 9.83. The van der Waals surface area contributed by atoms with Gasteiger partial charge in [-0.05, 0) is 0 Å². The molecule has 1 amide bonds. The highest BCUT2D eigenvalue weighted by atomic mass is 32.2. The van der Waals surface area contributed by atoms with Crippen molar-refractivity contribution in [3.8, 4) is 0 Å². The molecule has 2 rings (SSSR count). The number of carboxylic acid groups (broad SMARTS) is 1. The van der Waals surface area contributed by atoms with Crippen LogP contribution in [0.2, 0.25) is 0 Å². The number of amides is 1. The first-order valence-electron chi connectivity index (χ1n) is 5.48. The van der Waals surface area contributed by atoms with Crippen LogP contribution < -0.4 is 0 Å². The number of rotatable bonds is 3. The number of thioether (sulfide) groups is 1. The van der Waals surface area contributed by atoms with Gasteiger partial charge in [-0.3, -0.25) is 9.59 Å². The van der Waals surface area contributed by atoms with E-state index < -0.39 is 5.97 Å². The highest BCUT2D eigenvalue weighted by Gasteiger charge is 2.31. The molecule has 1 unspecified atom stereocenters. The number of hydrogen-bond acceptors (Lipinski definition) is 6. The molecule has 18 heavy (non-hydrogen) atoms. The number of carbonyl (C=O) groups is 2. The average molecular weight is 271 g/mol. The first-order valence-corrected chi connectivity index (χ1v) is 6.64. The summed E-state index contributed by atoms with van der Waals surface area (Å²) in [6.07, 6.45) is -0.0599. The van der Waals surface area contributed by atoms with Crippen molar-refractivity contribution in [2.24, 2.45) is 0 Å². The Morgan fingerprint density at radius 2 is 2.39 bits per heavy atom. The molecular weight excluding hydrogens is 258 g/mol. The van der Waals surface area contributed by atoms with Crippen LogP contribution in [0, 0.1) is 6.92 Å². The third-order valence-electron chi connectivity index (χ3n) is 2.62. The summed E-state index contributed by atoms with van der Waals surface area (Å²) in [7, 11) is 0. The van der Waals surface area contributed by atoms with Crippen LogP contribution in [-0.4, -0.2) is 56.1 Å². The maximum Gasteiger partial charge on any atom is 0.305 e. The first kappa shape index (κ1) is 12.9. The molecular formula is C10H13N3O4S. The monoisotopic (exact) mass is 271 g/mol. The zero-order chi connectivity index (χ0) is 13.1. The Morgan fingerprint density at radius 3 is 3.00 bits per heavy atom. The lowest BCUT2D eigenvalue weighted by Gasteiger charge is -2.33. The fourth-order valence-corrected chi connectivity index (χ4v) is 2.87. The fourth-order valence-electron chi connectivity index (χ4n) is 1.81. The van der Waals surface area contributed by atoms with Crippen LogP contribution in [-0.2, 0) is 4.79 Å². The summed E-state index contributed by atoms with van der Waals surface area (Å²) in [5, 5.41) is 12.4. The van der Waals surface area contributed by atoms with Crippen LogP contribution in [0.3, 0.4) is 0 Å². The smallest absolute Gasteiger partial charge is 0.305 e. The standard InChI is InChI=1S/C10H13N3O4S/c1-6-11-9(12-17-6)10(16)13-2-3-18-5-7(13)4-8(14)15/h7H,2-5H2,1H3,(H,14,15). The Kier molecular flexibility index (Phi) is 3.85. The molecule has 1 fully saturated rings. The van der Waals surface area contributed by atoms with E-state index in [2.05, 4.69) is 10.1 Å². The molecule has 2 heterocycles. The average Bonchev–Trinajstić information content (AvgIpc) is 2.75. The Morgan fingerprint density at radius 1 is 1.61 bits per heavy atom. The van der Waals surface area contributed by atoms with Gasteiger partial charge in [0.25, 0.3) is 11.7 Å². The summed E-state index contributed by atoms with van der Waals surface area (Å²) in [4.78, 5) is 28.3. The van der Waals surface area contributed by atoms with Gasteiger partial charge in [0.1, 0.15) is 0 Å². The molecule has 0 radical (unpaired) electrons. The van der Waals surface area contributed by atoms with Crippen molar-refractivity contribution in [3.05, 3.63) is 11.7 Å². The van der Waals surface area contributed by atoms with Crippen molar-refractivity contribution in [2.45, 2.75) is 19.4 Å². The summed E-state index contributed by atoms with van der Waals surface area (Å²) in [6.45, 7) is 2.11. The Balaban J connectivity index is 2.13. The maximum absolute atomic E-state index is 12.1. The Labute approximate surface area is 108 Å². The largest absolute Gasteiger partial charge is 0.481 e. The number of carbonyl (C=O) groups excluding carboxylic acids is 1. The van der Waals surface area contributed by atoms with E-state index in [1.165, 1.54) is 4.90 Å². The molecule has 0 spiro atoms. The second kappa shape index (κ2) is 5.38. The van der Waals surface area contributed by atoms with Gasteiger partial charge in [-0.1, -0.05) is 5.16 Å².